The number of benzene rings is 1. The van der Waals surface area contributed by atoms with Crippen LogP contribution in [0.2, 0.25) is 0 Å². The van der Waals surface area contributed by atoms with Crippen LogP contribution in [-0.4, -0.2) is 174 Å². The van der Waals surface area contributed by atoms with Crippen LogP contribution in [0.4, 0.5) is 27.6 Å². The molecular weight excluding hydrogens is 974 g/mol. The number of carboxylic acid groups (broad SMARTS) is 2. The molecule has 2 saturated carbocycles. The topological polar surface area (TPSA) is 234 Å². The average Bonchev–Trinajstić information content (AvgIpc) is 3.94. The Morgan fingerprint density at radius 1 is 0.649 bits per heavy atom. The largest absolute Gasteiger partial charge is 0.480 e. The fourth-order valence-electron chi connectivity index (χ4n) is 10.2. The lowest BCUT2D eigenvalue weighted by Crippen LogP contribution is -2.47. The Hall–Kier alpha value is -4.73. The zero-order chi connectivity index (χ0) is 56.1. The highest BCUT2D eigenvalue weighted by Crippen LogP contribution is 2.41. The number of aliphatic carboxylic acids is 2. The van der Waals surface area contributed by atoms with Crippen molar-refractivity contribution in [3.05, 3.63) is 35.9 Å². The van der Waals surface area contributed by atoms with Crippen molar-refractivity contribution in [3.63, 3.8) is 0 Å². The molecule has 3 heterocycles. The van der Waals surface area contributed by atoms with E-state index in [1.54, 1.807) is 41.5 Å². The first kappa shape index (κ1) is 63.6. The number of hydrogen-bond acceptors (Lipinski definition) is 13. The van der Waals surface area contributed by atoms with Crippen LogP contribution in [0.3, 0.4) is 0 Å². The summed E-state index contributed by atoms with van der Waals surface area (Å²) in [6.07, 6.45) is -0.412. The molecule has 5 fully saturated rings. The number of carbonyl (C=O) groups is 6. The first-order valence-electron chi connectivity index (χ1n) is 25.5. The van der Waals surface area contributed by atoms with Crippen LogP contribution in [0.15, 0.2) is 30.3 Å². The molecular formula is C53H85F3N4O14. The van der Waals surface area contributed by atoms with E-state index in [-0.39, 0.29) is 43.4 Å². The Morgan fingerprint density at radius 3 is 1.53 bits per heavy atom. The SMILES string of the molecule is CC1(C)CCCC(N)C1.CO[C@@H]1CN(C(=O)OC(C)(C)C)[C@H](C(=O)O)[C@H]1F.CO[C@H]1[C@@H](C(=O)CC2CCCC(C)(C)C2)N(C(=O)OCc2ccccc2)C[C@@H]1F.CO[C@H]1[C@@H](C(=O)O)N(C(=O)OC(C)(C)C)C[C@@H]1F. The number of amides is 3. The van der Waals surface area contributed by atoms with E-state index in [1.807, 2.05) is 30.3 Å². The van der Waals surface area contributed by atoms with Crippen LogP contribution in [0, 0.1) is 16.7 Å². The number of methoxy groups -OCH3 is 3. The van der Waals surface area contributed by atoms with Crippen LogP contribution >= 0.6 is 0 Å². The van der Waals surface area contributed by atoms with E-state index in [2.05, 4.69) is 27.7 Å². The number of halogens is 3. The first-order chi connectivity index (χ1) is 34.2. The molecule has 422 valence electrons. The third-order valence-corrected chi connectivity index (χ3v) is 13.5. The van der Waals surface area contributed by atoms with Crippen LogP contribution in [0.25, 0.3) is 0 Å². The van der Waals surface area contributed by atoms with Gasteiger partial charge >= 0.3 is 30.2 Å². The minimum atomic E-state index is -1.76. The van der Waals surface area contributed by atoms with Crippen molar-refractivity contribution in [2.24, 2.45) is 22.5 Å². The molecule has 18 nitrogen and oxygen atoms in total. The molecule has 3 saturated heterocycles. The molecule has 3 aliphatic heterocycles. The summed E-state index contributed by atoms with van der Waals surface area (Å²) in [5.74, 6) is -2.58. The van der Waals surface area contributed by atoms with Gasteiger partial charge in [0.25, 0.3) is 0 Å². The third kappa shape index (κ3) is 19.1. The Balaban J connectivity index is 0.000000279. The number of likely N-dealkylation sites (tertiary alicyclic amines) is 3. The molecule has 6 rings (SSSR count). The van der Waals surface area contributed by atoms with Crippen molar-refractivity contribution < 1.29 is 80.6 Å². The molecule has 0 aromatic heterocycles. The monoisotopic (exact) mass is 1060 g/mol. The fraction of sp³-hybridized carbons (Fsp3) is 0.774. The maximum Gasteiger partial charge on any atom is 0.411 e. The molecule has 1 aromatic rings. The molecule has 3 amide bonds. The number of ketones is 1. The predicted octanol–water partition coefficient (Wildman–Crippen LogP) is 8.54. The summed E-state index contributed by atoms with van der Waals surface area (Å²) < 4.78 is 72.3. The molecule has 2 unspecified atom stereocenters. The molecule has 11 atom stereocenters. The standard InChI is InChI=1S/C23H32FNO4.2C11H18FNO5.C8H17N/c1-23(2)11-7-10-17(13-23)12-19(26)20-21(28-3)18(24)14-25(20)22(27)29-15-16-8-5-4-6-9-16;1-11(2,3)18-10(16)13-5-6(12)8(17-4)7(13)9(14)15;1-11(2,3)18-10(16)13-5-6(17-4)7(12)8(13)9(14)15;1-8(2)5-3-4-7(9)6-8/h4-6,8-9,17-18,20-21H,7,10-15H2,1-3H3;2*6-8H,5H2,1-4H3,(H,14,15);7H,3-6,9H2,1-2H3/t17?,18-,20+,21+;6-,7-,8+;6-,7+,8+;/m001./s1. The Kier molecular flexibility index (Phi) is 23.5. The minimum absolute atomic E-state index is 0.0858. The van der Waals surface area contributed by atoms with Crippen LogP contribution in [0.5, 0.6) is 0 Å². The van der Waals surface area contributed by atoms with Gasteiger partial charge in [-0.2, -0.15) is 0 Å². The van der Waals surface area contributed by atoms with E-state index in [0.717, 1.165) is 41.0 Å². The molecule has 74 heavy (non-hydrogen) atoms. The van der Waals surface area contributed by atoms with Gasteiger partial charge in [-0.05, 0) is 102 Å². The lowest BCUT2D eigenvalue weighted by Gasteiger charge is -2.36. The lowest BCUT2D eigenvalue weighted by atomic mass is 9.70. The number of hydrogen-bond donors (Lipinski definition) is 3. The second-order valence-corrected chi connectivity index (χ2v) is 23.4. The summed E-state index contributed by atoms with van der Waals surface area (Å²) in [4.78, 5) is 74.4. The van der Waals surface area contributed by atoms with E-state index in [4.69, 9.17) is 44.4 Å². The van der Waals surface area contributed by atoms with Crippen molar-refractivity contribution in [1.82, 2.24) is 14.7 Å². The summed E-state index contributed by atoms with van der Waals surface area (Å²) in [7, 11) is 3.88. The Morgan fingerprint density at radius 2 is 1.11 bits per heavy atom. The number of Topliss-reactive ketones (excluding diaryl/α,β-unsaturated/α-hetero) is 1. The second kappa shape index (κ2) is 27.4. The zero-order valence-corrected chi connectivity index (χ0v) is 45.8. The van der Waals surface area contributed by atoms with Gasteiger partial charge in [-0.15, -0.1) is 0 Å². The van der Waals surface area contributed by atoms with E-state index in [1.165, 1.54) is 51.9 Å². The molecule has 0 bridgehead atoms. The number of carboxylic acids is 2. The number of nitrogens with two attached hydrogens (primary N) is 1. The highest BCUT2D eigenvalue weighted by molar-refractivity contribution is 5.89. The number of rotatable bonds is 10. The summed E-state index contributed by atoms with van der Waals surface area (Å²) in [6.45, 7) is 18.4. The average molecular weight is 1060 g/mol. The van der Waals surface area contributed by atoms with Gasteiger partial charge in [0, 0.05) is 33.8 Å². The number of carbonyl (C=O) groups excluding carboxylic acids is 4. The number of nitrogens with zero attached hydrogens (tertiary/aromatic N) is 3. The van der Waals surface area contributed by atoms with Gasteiger partial charge in [0.05, 0.1) is 19.6 Å². The van der Waals surface area contributed by atoms with Crippen LogP contribution in [0.1, 0.15) is 133 Å². The number of ether oxygens (including phenoxy) is 6. The summed E-state index contributed by atoms with van der Waals surface area (Å²) in [6, 6.07) is 5.91. The van der Waals surface area contributed by atoms with Crippen molar-refractivity contribution in [2.45, 2.75) is 206 Å². The van der Waals surface area contributed by atoms with E-state index >= 15 is 0 Å². The summed E-state index contributed by atoms with van der Waals surface area (Å²) in [5.41, 5.74) is 5.86. The lowest BCUT2D eigenvalue weighted by molar-refractivity contribution is -0.146. The molecule has 2 aliphatic carbocycles. The Labute approximate surface area is 435 Å². The van der Waals surface area contributed by atoms with Crippen molar-refractivity contribution in [1.29, 1.82) is 0 Å². The normalized spacial score (nSPS) is 29.3. The minimum Gasteiger partial charge on any atom is -0.480 e. The van der Waals surface area contributed by atoms with Gasteiger partial charge in [-0.25, -0.2) is 37.1 Å². The van der Waals surface area contributed by atoms with E-state index < -0.39 is 96.4 Å². The van der Waals surface area contributed by atoms with E-state index in [9.17, 15) is 41.9 Å². The summed E-state index contributed by atoms with van der Waals surface area (Å²) >= 11 is 0. The highest BCUT2D eigenvalue weighted by Gasteiger charge is 2.52. The summed E-state index contributed by atoms with van der Waals surface area (Å²) in [5, 5.41) is 18.0. The van der Waals surface area contributed by atoms with Gasteiger partial charge in [-0.1, -0.05) is 70.9 Å². The van der Waals surface area contributed by atoms with Crippen LogP contribution < -0.4 is 5.73 Å². The smallest absolute Gasteiger partial charge is 0.411 e. The van der Waals surface area contributed by atoms with Gasteiger partial charge in [0.1, 0.15) is 54.5 Å². The van der Waals surface area contributed by atoms with Gasteiger partial charge < -0.3 is 44.4 Å². The fourth-order valence-corrected chi connectivity index (χ4v) is 10.2. The zero-order valence-electron chi connectivity index (χ0n) is 45.8. The maximum atomic E-state index is 14.5. The quantitative estimate of drug-likeness (QED) is 0.186. The molecule has 5 aliphatic rings. The van der Waals surface area contributed by atoms with Gasteiger partial charge in [0.2, 0.25) is 0 Å². The van der Waals surface area contributed by atoms with Gasteiger partial charge in [-0.3, -0.25) is 19.5 Å². The third-order valence-electron chi connectivity index (χ3n) is 13.5. The first-order valence-corrected chi connectivity index (χ1v) is 25.5. The van der Waals surface area contributed by atoms with E-state index in [0.29, 0.717) is 17.9 Å². The second-order valence-electron chi connectivity index (χ2n) is 23.4. The predicted molar refractivity (Wildman–Crippen MR) is 269 cm³/mol. The van der Waals surface area contributed by atoms with Crippen molar-refractivity contribution in [3.8, 4) is 0 Å². The van der Waals surface area contributed by atoms with Crippen molar-refractivity contribution >= 4 is 36.0 Å². The van der Waals surface area contributed by atoms with Crippen LogP contribution in [-0.2, 0) is 49.4 Å². The highest BCUT2D eigenvalue weighted by atomic mass is 19.1. The molecule has 21 heteroatoms. The molecule has 0 radical (unpaired) electrons. The Bertz CT molecular complexity index is 1980. The van der Waals surface area contributed by atoms with Gasteiger partial charge in [0.15, 0.2) is 24.0 Å². The number of alkyl halides is 3. The molecule has 0 spiro atoms. The van der Waals surface area contributed by atoms with Crippen molar-refractivity contribution in [2.75, 3.05) is 41.0 Å². The maximum absolute atomic E-state index is 14.5. The molecule has 1 aromatic carbocycles. The molecule has 4 N–H and O–H groups in total.